The van der Waals surface area contributed by atoms with Gasteiger partial charge in [-0.25, -0.2) is 0 Å². The van der Waals surface area contributed by atoms with Crippen molar-refractivity contribution in [3.63, 3.8) is 0 Å². The summed E-state index contributed by atoms with van der Waals surface area (Å²) in [6.45, 7) is 5.50. The van der Waals surface area contributed by atoms with E-state index in [1.54, 1.807) is 0 Å². The molecule has 0 amide bonds. The highest BCUT2D eigenvalue weighted by molar-refractivity contribution is 5.22. The topological polar surface area (TPSA) is 29.5 Å². The Morgan fingerprint density at radius 3 is 2.85 bits per heavy atom. The van der Waals surface area contributed by atoms with Crippen molar-refractivity contribution in [2.75, 3.05) is 6.61 Å². The van der Waals surface area contributed by atoms with Gasteiger partial charge in [-0.1, -0.05) is 13.8 Å². The molecule has 1 spiro atoms. The van der Waals surface area contributed by atoms with Crippen LogP contribution in [0, 0.1) is 17.3 Å². The summed E-state index contributed by atoms with van der Waals surface area (Å²) in [5.74, 6) is 1.12. The standard InChI is InChI=1S/C11H18O2/c1-10(2)8-4-6-13-11(8)5-3-7(12)9(10)11/h7-9,12H,3-6H2,1-2H3/t7-,8-,9+,11+/m1/s1. The Labute approximate surface area is 79.3 Å². The van der Waals surface area contributed by atoms with Gasteiger partial charge in [0.05, 0.1) is 11.7 Å². The summed E-state index contributed by atoms with van der Waals surface area (Å²) in [7, 11) is 0. The van der Waals surface area contributed by atoms with Crippen LogP contribution in [0.25, 0.3) is 0 Å². The molecule has 2 saturated carbocycles. The molecule has 0 aromatic carbocycles. The van der Waals surface area contributed by atoms with Crippen LogP contribution in [0.3, 0.4) is 0 Å². The van der Waals surface area contributed by atoms with Crippen LogP contribution in [0.5, 0.6) is 0 Å². The minimum atomic E-state index is -0.107. The van der Waals surface area contributed by atoms with Gasteiger partial charge in [0, 0.05) is 12.5 Å². The fourth-order valence-electron chi connectivity index (χ4n) is 4.53. The average Bonchev–Trinajstić information content (AvgIpc) is 2.55. The van der Waals surface area contributed by atoms with Crippen molar-refractivity contribution in [2.24, 2.45) is 17.3 Å². The van der Waals surface area contributed by atoms with Crippen LogP contribution in [0.2, 0.25) is 0 Å². The van der Waals surface area contributed by atoms with Crippen molar-refractivity contribution < 1.29 is 9.84 Å². The monoisotopic (exact) mass is 182 g/mol. The van der Waals surface area contributed by atoms with E-state index in [0.29, 0.717) is 17.3 Å². The average molecular weight is 182 g/mol. The predicted octanol–water partition coefficient (Wildman–Crippen LogP) is 1.57. The molecule has 3 rings (SSSR count). The molecule has 1 N–H and O–H groups in total. The van der Waals surface area contributed by atoms with Crippen molar-refractivity contribution >= 4 is 0 Å². The van der Waals surface area contributed by atoms with Gasteiger partial charge in [0.2, 0.25) is 0 Å². The van der Waals surface area contributed by atoms with E-state index in [0.717, 1.165) is 19.4 Å². The molecule has 0 aromatic heterocycles. The zero-order chi connectivity index (χ0) is 9.27. The molecule has 4 atom stereocenters. The fourth-order valence-corrected chi connectivity index (χ4v) is 4.53. The summed E-state index contributed by atoms with van der Waals surface area (Å²) >= 11 is 0. The van der Waals surface area contributed by atoms with Gasteiger partial charge >= 0.3 is 0 Å². The van der Waals surface area contributed by atoms with Crippen molar-refractivity contribution in [2.45, 2.75) is 44.8 Å². The van der Waals surface area contributed by atoms with E-state index in [2.05, 4.69) is 13.8 Å². The summed E-state index contributed by atoms with van der Waals surface area (Å²) in [6.07, 6.45) is 3.14. The Morgan fingerprint density at radius 2 is 2.08 bits per heavy atom. The summed E-state index contributed by atoms with van der Waals surface area (Å²) in [4.78, 5) is 0. The third-order valence-corrected chi connectivity index (χ3v) is 4.81. The number of hydrogen-bond acceptors (Lipinski definition) is 2. The highest BCUT2D eigenvalue weighted by atomic mass is 16.5. The molecule has 0 unspecified atom stereocenters. The Kier molecular flexibility index (Phi) is 1.34. The molecule has 2 aliphatic carbocycles. The number of hydrogen-bond donors (Lipinski definition) is 1. The third-order valence-electron chi connectivity index (χ3n) is 4.81. The molecule has 2 heteroatoms. The molecular formula is C11H18O2. The molecule has 1 saturated heterocycles. The number of ether oxygens (including phenoxy) is 1. The van der Waals surface area contributed by atoms with Crippen molar-refractivity contribution in [1.29, 1.82) is 0 Å². The van der Waals surface area contributed by atoms with Crippen LogP contribution in [-0.2, 0) is 4.74 Å². The van der Waals surface area contributed by atoms with Gasteiger partial charge in [-0.2, -0.15) is 0 Å². The normalized spacial score (nSPS) is 57.0. The van der Waals surface area contributed by atoms with E-state index in [4.69, 9.17) is 4.74 Å². The Bertz CT molecular complexity index is 248. The van der Waals surface area contributed by atoms with Gasteiger partial charge in [0.15, 0.2) is 0 Å². The maximum Gasteiger partial charge on any atom is 0.0775 e. The largest absolute Gasteiger partial charge is 0.393 e. The Morgan fingerprint density at radius 1 is 1.31 bits per heavy atom. The minimum Gasteiger partial charge on any atom is -0.393 e. The van der Waals surface area contributed by atoms with Crippen molar-refractivity contribution in [3.8, 4) is 0 Å². The quantitative estimate of drug-likeness (QED) is 0.616. The van der Waals surface area contributed by atoms with Gasteiger partial charge < -0.3 is 9.84 Å². The first-order valence-electron chi connectivity index (χ1n) is 5.41. The number of aliphatic hydroxyl groups is 1. The lowest BCUT2D eigenvalue weighted by Crippen LogP contribution is -2.65. The summed E-state index contributed by atoms with van der Waals surface area (Å²) in [5, 5.41) is 9.92. The molecule has 0 radical (unpaired) electrons. The molecule has 0 bridgehead atoms. The van der Waals surface area contributed by atoms with Gasteiger partial charge in [0.1, 0.15) is 0 Å². The van der Waals surface area contributed by atoms with E-state index in [-0.39, 0.29) is 11.7 Å². The van der Waals surface area contributed by atoms with Crippen LogP contribution in [-0.4, -0.2) is 23.4 Å². The highest BCUT2D eigenvalue weighted by Crippen LogP contribution is 2.70. The van der Waals surface area contributed by atoms with Gasteiger partial charge in [-0.05, 0) is 30.6 Å². The Balaban J connectivity index is 2.01. The highest BCUT2D eigenvalue weighted by Gasteiger charge is 2.73. The lowest BCUT2D eigenvalue weighted by Gasteiger charge is -2.61. The molecule has 13 heavy (non-hydrogen) atoms. The molecule has 1 heterocycles. The zero-order valence-corrected chi connectivity index (χ0v) is 8.42. The molecule has 3 fully saturated rings. The van der Waals surface area contributed by atoms with E-state index < -0.39 is 0 Å². The Hall–Kier alpha value is -0.0800. The van der Waals surface area contributed by atoms with E-state index >= 15 is 0 Å². The zero-order valence-electron chi connectivity index (χ0n) is 8.42. The summed E-state index contributed by atoms with van der Waals surface area (Å²) in [5.41, 5.74) is 0.412. The molecular weight excluding hydrogens is 164 g/mol. The van der Waals surface area contributed by atoms with E-state index in [1.807, 2.05) is 0 Å². The SMILES string of the molecule is CC1(C)[C@H]2CCO[C@@]23CC[C@@H](O)[C@@H]13. The second-order valence-electron chi connectivity index (χ2n) is 5.55. The second-order valence-corrected chi connectivity index (χ2v) is 5.55. The van der Waals surface area contributed by atoms with Gasteiger partial charge in [-0.15, -0.1) is 0 Å². The fraction of sp³-hybridized carbons (Fsp3) is 1.00. The first kappa shape index (κ1) is 8.25. The maximum atomic E-state index is 9.92. The number of aliphatic hydroxyl groups excluding tert-OH is 1. The van der Waals surface area contributed by atoms with Crippen LogP contribution < -0.4 is 0 Å². The minimum absolute atomic E-state index is 0.100. The molecule has 1 aliphatic heterocycles. The summed E-state index contributed by atoms with van der Waals surface area (Å²) in [6, 6.07) is 0. The predicted molar refractivity (Wildman–Crippen MR) is 49.3 cm³/mol. The van der Waals surface area contributed by atoms with Crippen LogP contribution in [0.15, 0.2) is 0 Å². The van der Waals surface area contributed by atoms with Crippen LogP contribution in [0.1, 0.15) is 33.1 Å². The van der Waals surface area contributed by atoms with Crippen LogP contribution in [0.4, 0.5) is 0 Å². The first-order valence-corrected chi connectivity index (χ1v) is 5.41. The van der Waals surface area contributed by atoms with E-state index in [1.165, 1.54) is 6.42 Å². The molecule has 3 aliphatic rings. The summed E-state index contributed by atoms with van der Waals surface area (Å²) < 4.78 is 5.91. The molecule has 2 nitrogen and oxygen atoms in total. The second kappa shape index (κ2) is 2.12. The van der Waals surface area contributed by atoms with E-state index in [9.17, 15) is 5.11 Å². The number of rotatable bonds is 0. The smallest absolute Gasteiger partial charge is 0.0775 e. The third kappa shape index (κ3) is 0.701. The maximum absolute atomic E-state index is 9.92. The van der Waals surface area contributed by atoms with Crippen LogP contribution >= 0.6 is 0 Å². The van der Waals surface area contributed by atoms with Gasteiger partial charge in [0.25, 0.3) is 0 Å². The lowest BCUT2D eigenvalue weighted by molar-refractivity contribution is -0.220. The molecule has 0 aromatic rings. The lowest BCUT2D eigenvalue weighted by atomic mass is 9.46. The molecule has 74 valence electrons. The first-order chi connectivity index (χ1) is 6.09. The van der Waals surface area contributed by atoms with Crippen molar-refractivity contribution in [1.82, 2.24) is 0 Å². The van der Waals surface area contributed by atoms with Gasteiger partial charge in [-0.3, -0.25) is 0 Å². The van der Waals surface area contributed by atoms with Crippen molar-refractivity contribution in [3.05, 3.63) is 0 Å².